The van der Waals surface area contributed by atoms with Gasteiger partial charge in [0.15, 0.2) is 0 Å². The third kappa shape index (κ3) is 1.24. The Balaban J connectivity index is 3.34. The third-order valence-electron chi connectivity index (χ3n) is 1.28. The molecule has 0 saturated heterocycles. The van der Waals surface area contributed by atoms with E-state index < -0.39 is 5.69 Å². The molecule has 0 aliphatic rings. The number of hydrogen-bond donors (Lipinski definition) is 2. The Morgan fingerprint density at radius 2 is 2.20 bits per heavy atom. The van der Waals surface area contributed by atoms with Gasteiger partial charge in [-0.15, -0.1) is 0 Å². The molecule has 5 heteroatoms. The molecule has 10 heavy (non-hydrogen) atoms. The average Bonchev–Trinajstić information content (AvgIpc) is 1.88. The summed E-state index contributed by atoms with van der Waals surface area (Å²) >= 11 is 0. The van der Waals surface area contributed by atoms with Crippen LogP contribution in [0.1, 0.15) is 5.56 Å². The lowest BCUT2D eigenvalue weighted by Crippen LogP contribution is -2.24. The molecule has 0 atom stereocenters. The van der Waals surface area contributed by atoms with Gasteiger partial charge >= 0.3 is 5.69 Å². The van der Waals surface area contributed by atoms with Crippen molar-refractivity contribution in [1.29, 1.82) is 0 Å². The van der Waals surface area contributed by atoms with Crippen LogP contribution >= 0.6 is 0 Å². The summed E-state index contributed by atoms with van der Waals surface area (Å²) in [5, 5.41) is 0. The van der Waals surface area contributed by atoms with Gasteiger partial charge in [-0.3, -0.25) is 9.78 Å². The van der Waals surface area contributed by atoms with Crippen LogP contribution in [0.15, 0.2) is 15.8 Å². The first-order valence-electron chi connectivity index (χ1n) is 3.05. The topological polar surface area (TPSA) is 65.7 Å². The van der Waals surface area contributed by atoms with Crippen molar-refractivity contribution in [2.24, 2.45) is 0 Å². The van der Waals surface area contributed by atoms with Gasteiger partial charge in [-0.25, -0.2) is 4.79 Å². The molecule has 0 amide bonds. The lowest BCUT2D eigenvalue weighted by atomic mass is 10.4. The van der Waals surface area contributed by atoms with Crippen LogP contribution in [0.4, 0.5) is 0 Å². The number of H-pyrrole nitrogens is 2. The quantitative estimate of drug-likeness (QED) is 0.459. The smallest absolute Gasteiger partial charge is 0.314 e. The van der Waals surface area contributed by atoms with E-state index in [1.165, 1.54) is 6.20 Å². The predicted molar refractivity (Wildman–Crippen MR) is 41.3 cm³/mol. The second-order valence-electron chi connectivity index (χ2n) is 1.95. The summed E-state index contributed by atoms with van der Waals surface area (Å²) in [6, 6.07) is 0.770. The monoisotopic (exact) mass is 156 g/mol. The minimum Gasteiger partial charge on any atom is -0.314 e. The van der Waals surface area contributed by atoms with Gasteiger partial charge in [0.1, 0.15) is 0 Å². The van der Waals surface area contributed by atoms with E-state index in [9.17, 15) is 9.59 Å². The fourth-order valence-corrected chi connectivity index (χ4v) is 1.23. The number of aromatic nitrogens is 2. The van der Waals surface area contributed by atoms with E-state index in [2.05, 4.69) is 9.97 Å². The normalized spacial score (nSPS) is 10.0. The van der Waals surface area contributed by atoms with Crippen molar-refractivity contribution < 1.29 is 0 Å². The van der Waals surface area contributed by atoms with Gasteiger partial charge in [0.05, 0.1) is 0 Å². The molecule has 0 aliphatic heterocycles. The Morgan fingerprint density at radius 1 is 1.50 bits per heavy atom. The Bertz CT molecular complexity index is 327. The van der Waals surface area contributed by atoms with Crippen LogP contribution in [0.5, 0.6) is 0 Å². The molecule has 0 unspecified atom stereocenters. The highest BCUT2D eigenvalue weighted by Gasteiger charge is 1.93. The van der Waals surface area contributed by atoms with Gasteiger partial charge < -0.3 is 4.98 Å². The van der Waals surface area contributed by atoms with Crippen molar-refractivity contribution in [2.75, 3.05) is 0 Å². The van der Waals surface area contributed by atoms with E-state index in [4.69, 9.17) is 0 Å². The molecule has 2 N–H and O–H groups in total. The Hall–Kier alpha value is -1.10. The van der Waals surface area contributed by atoms with Gasteiger partial charge in [-0.05, 0) is 6.04 Å². The van der Waals surface area contributed by atoms with Gasteiger partial charge in [0.25, 0.3) is 5.56 Å². The Labute approximate surface area is 59.7 Å². The molecule has 54 valence electrons. The van der Waals surface area contributed by atoms with E-state index in [0.717, 1.165) is 16.3 Å². The van der Waals surface area contributed by atoms with Crippen LogP contribution < -0.4 is 11.2 Å². The Morgan fingerprint density at radius 3 is 2.70 bits per heavy atom. The highest BCUT2D eigenvalue weighted by atomic mass is 28.1. The molecule has 1 rings (SSSR count). The molecule has 1 aromatic heterocycles. The molecule has 0 aliphatic carbocycles. The molecule has 4 nitrogen and oxygen atoms in total. The van der Waals surface area contributed by atoms with Crippen molar-refractivity contribution in [2.45, 2.75) is 6.04 Å². The fraction of sp³-hybridized carbons (Fsp3) is 0.200. The summed E-state index contributed by atoms with van der Waals surface area (Å²) in [4.78, 5) is 25.8. The number of hydrogen-bond acceptors (Lipinski definition) is 2. The van der Waals surface area contributed by atoms with Gasteiger partial charge in [0, 0.05) is 22.0 Å². The third-order valence-corrected chi connectivity index (χ3v) is 2.04. The van der Waals surface area contributed by atoms with Crippen LogP contribution in [-0.2, 0) is 6.04 Å². The maximum absolute atomic E-state index is 10.8. The second-order valence-corrected chi connectivity index (χ2v) is 2.66. The minimum atomic E-state index is -0.441. The first-order chi connectivity index (χ1) is 4.74. The van der Waals surface area contributed by atoms with Crippen molar-refractivity contribution in [3.8, 4) is 0 Å². The van der Waals surface area contributed by atoms with Gasteiger partial charge in [0.2, 0.25) is 0 Å². The lowest BCUT2D eigenvalue weighted by molar-refractivity contribution is 0.999. The van der Waals surface area contributed by atoms with Crippen molar-refractivity contribution in [1.82, 2.24) is 9.97 Å². The minimum absolute atomic E-state index is 0.265. The second kappa shape index (κ2) is 2.65. The molecule has 1 heterocycles. The standard InChI is InChI=1S/C5H8N2O2Si/c8-4-3(2-10)1-6-5(9)7-4/h1H,2H2,10H3,(H2,6,7,8,9). The van der Waals surface area contributed by atoms with Crippen molar-refractivity contribution >= 4 is 10.2 Å². The molecular weight excluding hydrogens is 148 g/mol. The van der Waals surface area contributed by atoms with E-state index in [-0.39, 0.29) is 5.56 Å². The highest BCUT2D eigenvalue weighted by molar-refractivity contribution is 6.08. The number of nitrogens with one attached hydrogen (secondary N) is 2. The Kier molecular flexibility index (Phi) is 1.86. The summed E-state index contributed by atoms with van der Waals surface area (Å²) in [6.45, 7) is 0. The largest absolute Gasteiger partial charge is 0.325 e. The van der Waals surface area contributed by atoms with Crippen molar-refractivity contribution in [3.05, 3.63) is 32.6 Å². The molecule has 0 fully saturated rings. The zero-order valence-electron chi connectivity index (χ0n) is 5.60. The summed E-state index contributed by atoms with van der Waals surface area (Å²) in [5.41, 5.74) is -0.0473. The van der Waals surface area contributed by atoms with E-state index in [1.54, 1.807) is 0 Å². The summed E-state index contributed by atoms with van der Waals surface area (Å²) in [5.74, 6) is 0. The number of aromatic amines is 2. The van der Waals surface area contributed by atoms with Crippen LogP contribution in [0.25, 0.3) is 0 Å². The molecule has 1 aromatic rings. The summed E-state index contributed by atoms with van der Waals surface area (Å²) in [6.07, 6.45) is 1.47. The number of rotatable bonds is 1. The molecular formula is C5H8N2O2Si. The molecule has 0 bridgehead atoms. The maximum atomic E-state index is 10.8. The molecule has 0 spiro atoms. The predicted octanol–water partition coefficient (Wildman–Crippen LogP) is -2.07. The first kappa shape index (κ1) is 7.01. The van der Waals surface area contributed by atoms with E-state index in [0.29, 0.717) is 5.56 Å². The fourth-order valence-electron chi connectivity index (χ4n) is 0.700. The summed E-state index contributed by atoms with van der Waals surface area (Å²) < 4.78 is 0. The van der Waals surface area contributed by atoms with Gasteiger partial charge in [-0.1, -0.05) is 0 Å². The zero-order valence-corrected chi connectivity index (χ0v) is 7.60. The highest BCUT2D eigenvalue weighted by Crippen LogP contribution is 1.79. The molecule has 0 aromatic carbocycles. The van der Waals surface area contributed by atoms with Crippen LogP contribution in [-0.4, -0.2) is 20.2 Å². The van der Waals surface area contributed by atoms with E-state index >= 15 is 0 Å². The summed E-state index contributed by atoms with van der Waals surface area (Å²) in [7, 11) is 0.931. The van der Waals surface area contributed by atoms with Crippen LogP contribution in [0.3, 0.4) is 0 Å². The average molecular weight is 156 g/mol. The maximum Gasteiger partial charge on any atom is 0.325 e. The van der Waals surface area contributed by atoms with Crippen LogP contribution in [0.2, 0.25) is 0 Å². The zero-order chi connectivity index (χ0) is 7.56. The SMILES string of the molecule is O=c1[nH]cc(C[SiH3])c(=O)[nH]1. The van der Waals surface area contributed by atoms with E-state index in [1.807, 2.05) is 0 Å². The van der Waals surface area contributed by atoms with Gasteiger partial charge in [-0.2, -0.15) is 0 Å². The van der Waals surface area contributed by atoms with Crippen LogP contribution in [0, 0.1) is 0 Å². The molecule has 0 saturated carbocycles. The van der Waals surface area contributed by atoms with Crippen molar-refractivity contribution in [3.63, 3.8) is 0 Å². The first-order valence-corrected chi connectivity index (χ1v) is 4.46. The lowest BCUT2D eigenvalue weighted by Gasteiger charge is -1.89. The molecule has 0 radical (unpaired) electrons.